The van der Waals surface area contributed by atoms with Gasteiger partial charge in [-0.25, -0.2) is 14.8 Å². The molecule has 1 aromatic carbocycles. The molecule has 0 atom stereocenters. The second-order valence-electron chi connectivity index (χ2n) is 4.11. The summed E-state index contributed by atoms with van der Waals surface area (Å²) >= 11 is 0. The van der Waals surface area contributed by atoms with Crippen LogP contribution in [0.15, 0.2) is 55.4 Å². The quantitative estimate of drug-likeness (QED) is 0.680. The predicted molar refractivity (Wildman–Crippen MR) is 72.0 cm³/mol. The summed E-state index contributed by atoms with van der Waals surface area (Å²) < 4.78 is 8.40. The number of aromatic nitrogens is 4. The first-order chi connectivity index (χ1) is 9.79. The Bertz CT molecular complexity index is 714. The van der Waals surface area contributed by atoms with E-state index in [4.69, 9.17) is 0 Å². The zero-order chi connectivity index (χ0) is 13.9. The van der Waals surface area contributed by atoms with Crippen LogP contribution in [0.1, 0.15) is 10.4 Å². The zero-order valence-corrected chi connectivity index (χ0v) is 10.8. The number of imidazole rings is 2. The van der Waals surface area contributed by atoms with Crippen molar-refractivity contribution in [2.24, 2.45) is 0 Å². The van der Waals surface area contributed by atoms with Crippen LogP contribution in [-0.2, 0) is 4.74 Å². The molecule has 0 aliphatic rings. The Balaban J connectivity index is 1.98. The number of benzene rings is 1. The molecule has 0 radical (unpaired) electrons. The fourth-order valence-electron chi connectivity index (χ4n) is 1.94. The van der Waals surface area contributed by atoms with E-state index in [-0.39, 0.29) is 5.97 Å². The van der Waals surface area contributed by atoms with Gasteiger partial charge in [-0.05, 0) is 24.3 Å². The molecule has 0 N–H and O–H groups in total. The molecule has 3 aromatic rings. The van der Waals surface area contributed by atoms with Crippen molar-refractivity contribution in [3.63, 3.8) is 0 Å². The fraction of sp³-hybridized carbons (Fsp3) is 0.0714. The molecule has 20 heavy (non-hydrogen) atoms. The molecule has 0 bridgehead atoms. The summed E-state index contributed by atoms with van der Waals surface area (Å²) in [7, 11) is 1.36. The molecule has 2 heterocycles. The van der Waals surface area contributed by atoms with Gasteiger partial charge < -0.3 is 4.74 Å². The minimum atomic E-state index is -0.350. The highest BCUT2D eigenvalue weighted by atomic mass is 16.5. The number of ether oxygens (including phenoxy) is 1. The Kier molecular flexibility index (Phi) is 3.04. The van der Waals surface area contributed by atoms with Crippen LogP contribution >= 0.6 is 0 Å². The molecule has 0 aliphatic heterocycles. The van der Waals surface area contributed by atoms with Crippen molar-refractivity contribution in [3.8, 4) is 11.6 Å². The molecular weight excluding hydrogens is 256 g/mol. The number of carbonyl (C=O) groups is 1. The molecule has 6 heteroatoms. The average molecular weight is 268 g/mol. The van der Waals surface area contributed by atoms with Gasteiger partial charge in [-0.15, -0.1) is 0 Å². The third kappa shape index (κ3) is 2.07. The van der Waals surface area contributed by atoms with Crippen LogP contribution in [0.2, 0.25) is 0 Å². The van der Waals surface area contributed by atoms with Gasteiger partial charge in [0.25, 0.3) is 0 Å². The van der Waals surface area contributed by atoms with E-state index in [9.17, 15) is 4.79 Å². The number of hydrogen-bond acceptors (Lipinski definition) is 4. The Morgan fingerprint density at radius 2 is 1.95 bits per heavy atom. The highest BCUT2D eigenvalue weighted by Crippen LogP contribution is 2.15. The van der Waals surface area contributed by atoms with E-state index >= 15 is 0 Å². The Morgan fingerprint density at radius 1 is 1.15 bits per heavy atom. The molecule has 0 saturated heterocycles. The first kappa shape index (κ1) is 12.2. The van der Waals surface area contributed by atoms with Crippen molar-refractivity contribution in [3.05, 3.63) is 60.9 Å². The van der Waals surface area contributed by atoms with Crippen molar-refractivity contribution in [2.45, 2.75) is 0 Å². The molecule has 0 fully saturated rings. The normalized spacial score (nSPS) is 10.4. The van der Waals surface area contributed by atoms with Gasteiger partial charge >= 0.3 is 5.97 Å². The predicted octanol–water partition coefficient (Wildman–Crippen LogP) is 1.84. The van der Waals surface area contributed by atoms with E-state index in [0.29, 0.717) is 5.56 Å². The third-order valence-corrected chi connectivity index (χ3v) is 2.92. The fourth-order valence-corrected chi connectivity index (χ4v) is 1.94. The molecule has 0 unspecified atom stereocenters. The summed E-state index contributed by atoms with van der Waals surface area (Å²) in [4.78, 5) is 19.7. The summed E-state index contributed by atoms with van der Waals surface area (Å²) in [5, 5.41) is 0. The van der Waals surface area contributed by atoms with Gasteiger partial charge in [0.15, 0.2) is 0 Å². The monoisotopic (exact) mass is 268 g/mol. The van der Waals surface area contributed by atoms with Crippen molar-refractivity contribution in [2.75, 3.05) is 7.11 Å². The highest BCUT2D eigenvalue weighted by molar-refractivity contribution is 5.89. The average Bonchev–Trinajstić information content (AvgIpc) is 3.16. The third-order valence-electron chi connectivity index (χ3n) is 2.92. The van der Waals surface area contributed by atoms with Crippen molar-refractivity contribution in [1.82, 2.24) is 19.1 Å². The lowest BCUT2D eigenvalue weighted by Gasteiger charge is -2.08. The number of carbonyl (C=O) groups excluding carboxylic acids is 1. The van der Waals surface area contributed by atoms with E-state index in [2.05, 4.69) is 14.7 Å². The maximum atomic E-state index is 11.4. The largest absolute Gasteiger partial charge is 0.465 e. The minimum absolute atomic E-state index is 0.350. The van der Waals surface area contributed by atoms with Crippen LogP contribution in [0, 0.1) is 0 Å². The number of nitrogens with zero attached hydrogens (tertiary/aromatic N) is 4. The lowest BCUT2D eigenvalue weighted by molar-refractivity contribution is 0.0601. The van der Waals surface area contributed by atoms with E-state index in [1.807, 2.05) is 33.7 Å². The van der Waals surface area contributed by atoms with E-state index in [0.717, 1.165) is 11.6 Å². The van der Waals surface area contributed by atoms with Gasteiger partial charge in [-0.1, -0.05) is 0 Å². The van der Waals surface area contributed by atoms with Crippen LogP contribution < -0.4 is 0 Å². The van der Waals surface area contributed by atoms with Gasteiger partial charge in [0.2, 0.25) is 5.95 Å². The van der Waals surface area contributed by atoms with Gasteiger partial charge in [-0.3, -0.25) is 9.13 Å². The summed E-state index contributed by atoms with van der Waals surface area (Å²) in [6.07, 6.45) is 8.76. The van der Waals surface area contributed by atoms with E-state index < -0.39 is 0 Å². The van der Waals surface area contributed by atoms with Crippen molar-refractivity contribution in [1.29, 1.82) is 0 Å². The van der Waals surface area contributed by atoms with Gasteiger partial charge in [-0.2, -0.15) is 0 Å². The molecule has 100 valence electrons. The molecular formula is C14H12N4O2. The first-order valence-electron chi connectivity index (χ1n) is 6.00. The highest BCUT2D eigenvalue weighted by Gasteiger charge is 2.08. The summed E-state index contributed by atoms with van der Waals surface area (Å²) in [5.41, 5.74) is 1.42. The Labute approximate surface area is 115 Å². The molecule has 6 nitrogen and oxygen atoms in total. The number of rotatable bonds is 3. The van der Waals surface area contributed by atoms with Crippen molar-refractivity contribution >= 4 is 5.97 Å². The van der Waals surface area contributed by atoms with Crippen LogP contribution in [0.3, 0.4) is 0 Å². The van der Waals surface area contributed by atoms with E-state index in [1.165, 1.54) is 7.11 Å². The summed E-state index contributed by atoms with van der Waals surface area (Å²) in [6, 6.07) is 7.13. The van der Waals surface area contributed by atoms with Crippen LogP contribution in [0.25, 0.3) is 11.6 Å². The molecule has 3 rings (SSSR count). The lowest BCUT2D eigenvalue weighted by Crippen LogP contribution is -2.04. The second kappa shape index (κ2) is 5.00. The number of hydrogen-bond donors (Lipinski definition) is 0. The molecule has 0 aliphatic carbocycles. The molecule has 0 saturated carbocycles. The molecule has 0 amide bonds. The SMILES string of the molecule is COC(=O)c1ccc(-n2ccnc2-n2ccnc2)cc1. The second-order valence-corrected chi connectivity index (χ2v) is 4.11. The number of methoxy groups -OCH3 is 1. The topological polar surface area (TPSA) is 61.9 Å². The van der Waals surface area contributed by atoms with Crippen LogP contribution in [0.5, 0.6) is 0 Å². The van der Waals surface area contributed by atoms with E-state index in [1.54, 1.807) is 30.9 Å². The standard InChI is InChI=1S/C14H12N4O2/c1-20-13(19)11-2-4-12(5-3-11)18-9-7-16-14(18)17-8-6-15-10-17/h2-10H,1H3. The lowest BCUT2D eigenvalue weighted by atomic mass is 10.2. The Morgan fingerprint density at radius 3 is 2.60 bits per heavy atom. The molecule has 0 spiro atoms. The summed E-state index contributed by atoms with van der Waals surface area (Å²) in [5.74, 6) is 0.380. The van der Waals surface area contributed by atoms with Crippen LogP contribution in [-0.4, -0.2) is 32.2 Å². The van der Waals surface area contributed by atoms with Gasteiger partial charge in [0, 0.05) is 30.5 Å². The van der Waals surface area contributed by atoms with Crippen LogP contribution in [0.4, 0.5) is 0 Å². The number of esters is 1. The first-order valence-corrected chi connectivity index (χ1v) is 6.00. The minimum Gasteiger partial charge on any atom is -0.465 e. The van der Waals surface area contributed by atoms with Gasteiger partial charge in [0.1, 0.15) is 6.33 Å². The van der Waals surface area contributed by atoms with Crippen molar-refractivity contribution < 1.29 is 9.53 Å². The maximum absolute atomic E-state index is 11.4. The summed E-state index contributed by atoms with van der Waals surface area (Å²) in [6.45, 7) is 0. The molecule has 2 aromatic heterocycles. The maximum Gasteiger partial charge on any atom is 0.337 e. The smallest absolute Gasteiger partial charge is 0.337 e. The Hall–Kier alpha value is -2.89. The van der Waals surface area contributed by atoms with Gasteiger partial charge in [0.05, 0.1) is 12.7 Å². The zero-order valence-electron chi connectivity index (χ0n) is 10.8.